The molecule has 1 N–H and O–H groups in total. The fraction of sp³-hybridized carbons (Fsp3) is 0.188. The van der Waals surface area contributed by atoms with Crippen LogP contribution in [0, 0.1) is 0 Å². The third kappa shape index (κ3) is 3.41. The van der Waals surface area contributed by atoms with E-state index in [2.05, 4.69) is 5.32 Å². The van der Waals surface area contributed by atoms with E-state index >= 15 is 0 Å². The third-order valence-electron chi connectivity index (χ3n) is 2.99. The molecular weight excluding hydrogens is 260 g/mol. The van der Waals surface area contributed by atoms with Crippen LogP contribution >= 0.6 is 0 Å². The van der Waals surface area contributed by atoms with Gasteiger partial charge < -0.3 is 5.32 Å². The number of benzene rings is 2. The van der Waals surface area contributed by atoms with E-state index in [1.807, 2.05) is 24.3 Å². The molecule has 0 saturated heterocycles. The first-order chi connectivity index (χ1) is 9.58. The highest BCUT2D eigenvalue weighted by atomic mass is 19.3. The molecule has 0 heterocycles. The van der Waals surface area contributed by atoms with E-state index in [-0.39, 0.29) is 11.5 Å². The highest BCUT2D eigenvalue weighted by Crippen LogP contribution is 2.28. The minimum absolute atomic E-state index is 0.00294. The Hall–Kier alpha value is -2.23. The van der Waals surface area contributed by atoms with Gasteiger partial charge in [0.1, 0.15) is 0 Å². The van der Waals surface area contributed by atoms with Crippen LogP contribution < -0.4 is 5.32 Å². The first-order valence-corrected chi connectivity index (χ1v) is 6.29. The highest BCUT2D eigenvalue weighted by Gasteiger charge is 2.10. The summed E-state index contributed by atoms with van der Waals surface area (Å²) in [4.78, 5) is 11.0. The molecule has 2 aromatic carbocycles. The molecule has 0 unspecified atom stereocenters. The molecule has 0 saturated carbocycles. The van der Waals surface area contributed by atoms with Crippen molar-refractivity contribution in [1.29, 1.82) is 0 Å². The van der Waals surface area contributed by atoms with Gasteiger partial charge in [0, 0.05) is 19.0 Å². The normalized spacial score (nSPS) is 10.6. The number of hydrogen-bond acceptors (Lipinski definition) is 1. The molecule has 2 nitrogen and oxygen atoms in total. The molecule has 0 spiro atoms. The van der Waals surface area contributed by atoms with E-state index < -0.39 is 6.43 Å². The maximum atomic E-state index is 12.8. The van der Waals surface area contributed by atoms with Gasteiger partial charge in [0.2, 0.25) is 5.91 Å². The lowest BCUT2D eigenvalue weighted by molar-refractivity contribution is -0.119. The third-order valence-corrected chi connectivity index (χ3v) is 2.99. The fourth-order valence-corrected chi connectivity index (χ4v) is 2.02. The number of carbonyl (C=O) groups is 1. The molecule has 104 valence electrons. The first-order valence-electron chi connectivity index (χ1n) is 6.29. The molecule has 1 amide bonds. The summed E-state index contributed by atoms with van der Waals surface area (Å²) < 4.78 is 25.5. The molecule has 0 fully saturated rings. The van der Waals surface area contributed by atoms with Crippen molar-refractivity contribution in [3.05, 3.63) is 59.7 Å². The van der Waals surface area contributed by atoms with Crippen LogP contribution in [0.1, 0.15) is 24.5 Å². The monoisotopic (exact) mass is 275 g/mol. The number of halogens is 2. The molecule has 2 rings (SSSR count). The molecule has 0 aliphatic rings. The SMILES string of the molecule is CC(=O)NCc1ccccc1-c1cccc(C(F)F)c1. The molecule has 4 heteroatoms. The largest absolute Gasteiger partial charge is 0.352 e. The van der Waals surface area contributed by atoms with Gasteiger partial charge in [-0.05, 0) is 22.8 Å². The Labute approximate surface area is 116 Å². The summed E-state index contributed by atoms with van der Waals surface area (Å²) in [7, 11) is 0. The lowest BCUT2D eigenvalue weighted by Gasteiger charge is -2.11. The summed E-state index contributed by atoms with van der Waals surface area (Å²) in [5.41, 5.74) is 2.47. The van der Waals surface area contributed by atoms with E-state index in [0.717, 1.165) is 16.7 Å². The second-order valence-corrected chi connectivity index (χ2v) is 4.49. The minimum atomic E-state index is -2.49. The molecular formula is C16H15F2NO. The van der Waals surface area contributed by atoms with Gasteiger partial charge in [-0.3, -0.25) is 4.79 Å². The van der Waals surface area contributed by atoms with Crippen molar-refractivity contribution >= 4 is 5.91 Å². The van der Waals surface area contributed by atoms with Gasteiger partial charge in [-0.1, -0.05) is 42.5 Å². The standard InChI is InChI=1S/C16H15F2NO/c1-11(20)19-10-14-5-2-3-8-15(14)12-6-4-7-13(9-12)16(17)18/h2-9,16H,10H2,1H3,(H,19,20). The fourth-order valence-electron chi connectivity index (χ4n) is 2.02. The van der Waals surface area contributed by atoms with Crippen molar-refractivity contribution in [3.8, 4) is 11.1 Å². The summed E-state index contributed by atoms with van der Waals surface area (Å²) in [6.45, 7) is 1.82. The summed E-state index contributed by atoms with van der Waals surface area (Å²) >= 11 is 0. The Kier molecular flexibility index (Phi) is 4.45. The predicted octanol–water partition coefficient (Wildman–Crippen LogP) is 3.93. The van der Waals surface area contributed by atoms with E-state index in [1.54, 1.807) is 12.1 Å². The van der Waals surface area contributed by atoms with Crippen LogP contribution in [0.4, 0.5) is 8.78 Å². The van der Waals surface area contributed by atoms with Gasteiger partial charge in [-0.2, -0.15) is 0 Å². The molecule has 0 aliphatic carbocycles. The minimum Gasteiger partial charge on any atom is -0.352 e. The summed E-state index contributed by atoms with van der Waals surface area (Å²) in [6.07, 6.45) is -2.49. The maximum absolute atomic E-state index is 12.8. The quantitative estimate of drug-likeness (QED) is 0.900. The molecule has 20 heavy (non-hydrogen) atoms. The molecule has 0 atom stereocenters. The van der Waals surface area contributed by atoms with Crippen molar-refractivity contribution in [2.45, 2.75) is 19.9 Å². The Morgan fingerprint density at radius 2 is 1.90 bits per heavy atom. The molecule has 0 radical (unpaired) electrons. The lowest BCUT2D eigenvalue weighted by atomic mass is 9.98. The van der Waals surface area contributed by atoms with Gasteiger partial charge in [0.15, 0.2) is 0 Å². The average Bonchev–Trinajstić information content (AvgIpc) is 2.45. The van der Waals surface area contributed by atoms with Crippen LogP contribution in [0.25, 0.3) is 11.1 Å². The van der Waals surface area contributed by atoms with E-state index in [0.29, 0.717) is 6.54 Å². The predicted molar refractivity (Wildman–Crippen MR) is 74.4 cm³/mol. The van der Waals surface area contributed by atoms with Gasteiger partial charge in [-0.25, -0.2) is 8.78 Å². The van der Waals surface area contributed by atoms with E-state index in [4.69, 9.17) is 0 Å². The average molecular weight is 275 g/mol. The van der Waals surface area contributed by atoms with Crippen LogP contribution in [0.2, 0.25) is 0 Å². The first kappa shape index (κ1) is 14.2. The zero-order valence-electron chi connectivity index (χ0n) is 11.1. The second-order valence-electron chi connectivity index (χ2n) is 4.49. The Bertz CT molecular complexity index is 611. The van der Waals surface area contributed by atoms with Crippen LogP contribution in [0.15, 0.2) is 48.5 Å². The second kappa shape index (κ2) is 6.28. The van der Waals surface area contributed by atoms with Crippen LogP contribution in [-0.4, -0.2) is 5.91 Å². The smallest absolute Gasteiger partial charge is 0.263 e. The van der Waals surface area contributed by atoms with Gasteiger partial charge in [-0.15, -0.1) is 0 Å². The van der Waals surface area contributed by atoms with Gasteiger partial charge in [0.25, 0.3) is 6.43 Å². The Morgan fingerprint density at radius 1 is 1.15 bits per heavy atom. The number of alkyl halides is 2. The summed E-state index contributed by atoms with van der Waals surface area (Å²) in [5.74, 6) is -0.124. The summed E-state index contributed by atoms with van der Waals surface area (Å²) in [6, 6.07) is 13.7. The van der Waals surface area contributed by atoms with Crippen molar-refractivity contribution in [3.63, 3.8) is 0 Å². The van der Waals surface area contributed by atoms with Gasteiger partial charge >= 0.3 is 0 Å². The van der Waals surface area contributed by atoms with Crippen molar-refractivity contribution < 1.29 is 13.6 Å². The Morgan fingerprint density at radius 3 is 2.60 bits per heavy atom. The topological polar surface area (TPSA) is 29.1 Å². The maximum Gasteiger partial charge on any atom is 0.263 e. The lowest BCUT2D eigenvalue weighted by Crippen LogP contribution is -2.19. The van der Waals surface area contributed by atoms with E-state index in [1.165, 1.54) is 19.1 Å². The summed E-state index contributed by atoms with van der Waals surface area (Å²) in [5, 5.41) is 2.72. The zero-order valence-corrected chi connectivity index (χ0v) is 11.1. The van der Waals surface area contributed by atoms with E-state index in [9.17, 15) is 13.6 Å². The molecule has 2 aromatic rings. The Balaban J connectivity index is 2.36. The van der Waals surface area contributed by atoms with Crippen molar-refractivity contribution in [2.75, 3.05) is 0 Å². The molecule has 0 aromatic heterocycles. The zero-order chi connectivity index (χ0) is 14.5. The molecule has 0 aliphatic heterocycles. The van der Waals surface area contributed by atoms with Crippen LogP contribution in [0.3, 0.4) is 0 Å². The van der Waals surface area contributed by atoms with Crippen molar-refractivity contribution in [2.24, 2.45) is 0 Å². The number of carbonyl (C=O) groups excluding carboxylic acids is 1. The number of amides is 1. The number of nitrogens with one attached hydrogen (secondary N) is 1. The van der Waals surface area contributed by atoms with Crippen LogP contribution in [0.5, 0.6) is 0 Å². The molecule has 0 bridgehead atoms. The number of rotatable bonds is 4. The van der Waals surface area contributed by atoms with Crippen LogP contribution in [-0.2, 0) is 11.3 Å². The highest BCUT2D eigenvalue weighted by molar-refractivity contribution is 5.74. The van der Waals surface area contributed by atoms with Gasteiger partial charge in [0.05, 0.1) is 0 Å². The van der Waals surface area contributed by atoms with Crippen molar-refractivity contribution in [1.82, 2.24) is 5.32 Å². The number of hydrogen-bond donors (Lipinski definition) is 1.